The summed E-state index contributed by atoms with van der Waals surface area (Å²) in [6.07, 6.45) is 1.04. The SMILES string of the molecule is Fc1ccc(SCCNCCc2cccs2)cc1F. The summed E-state index contributed by atoms with van der Waals surface area (Å²) in [4.78, 5) is 2.14. The van der Waals surface area contributed by atoms with Gasteiger partial charge >= 0.3 is 0 Å². The highest BCUT2D eigenvalue weighted by atomic mass is 32.2. The van der Waals surface area contributed by atoms with Gasteiger partial charge in [-0.3, -0.25) is 0 Å². The molecule has 5 heteroatoms. The van der Waals surface area contributed by atoms with E-state index in [1.54, 1.807) is 17.4 Å². The fourth-order valence-corrected chi connectivity index (χ4v) is 3.14. The van der Waals surface area contributed by atoms with Crippen LogP contribution in [0.15, 0.2) is 40.6 Å². The molecule has 1 aromatic carbocycles. The minimum atomic E-state index is -0.793. The van der Waals surface area contributed by atoms with E-state index in [2.05, 4.69) is 22.8 Å². The van der Waals surface area contributed by atoms with Crippen molar-refractivity contribution in [3.8, 4) is 0 Å². The van der Waals surface area contributed by atoms with E-state index in [4.69, 9.17) is 0 Å². The predicted octanol–water partition coefficient (Wildman–Crippen LogP) is 3.95. The van der Waals surface area contributed by atoms with E-state index in [1.165, 1.54) is 28.8 Å². The average molecular weight is 299 g/mol. The molecule has 0 saturated heterocycles. The van der Waals surface area contributed by atoms with E-state index in [0.717, 1.165) is 30.2 Å². The van der Waals surface area contributed by atoms with Gasteiger partial charge in [-0.2, -0.15) is 0 Å². The number of halogens is 2. The van der Waals surface area contributed by atoms with Crippen LogP contribution in [0.2, 0.25) is 0 Å². The topological polar surface area (TPSA) is 12.0 Å². The third-order valence-electron chi connectivity index (χ3n) is 2.57. The van der Waals surface area contributed by atoms with Crippen molar-refractivity contribution >= 4 is 23.1 Å². The molecule has 2 rings (SSSR count). The summed E-state index contributed by atoms with van der Waals surface area (Å²) in [6, 6.07) is 8.20. The highest BCUT2D eigenvalue weighted by Crippen LogP contribution is 2.19. The van der Waals surface area contributed by atoms with Crippen molar-refractivity contribution in [3.63, 3.8) is 0 Å². The van der Waals surface area contributed by atoms with E-state index in [9.17, 15) is 8.78 Å². The van der Waals surface area contributed by atoms with Crippen LogP contribution in [0.3, 0.4) is 0 Å². The zero-order valence-corrected chi connectivity index (χ0v) is 12.0. The Morgan fingerprint density at radius 1 is 1.11 bits per heavy atom. The van der Waals surface area contributed by atoms with Gasteiger partial charge in [0.25, 0.3) is 0 Å². The molecule has 0 aliphatic rings. The van der Waals surface area contributed by atoms with Gasteiger partial charge in [0.15, 0.2) is 11.6 Å². The quantitative estimate of drug-likeness (QED) is 0.614. The Kier molecular flexibility index (Phi) is 5.82. The third kappa shape index (κ3) is 4.93. The Hall–Kier alpha value is -0.910. The Bertz CT molecular complexity index is 500. The second kappa shape index (κ2) is 7.62. The zero-order valence-electron chi connectivity index (χ0n) is 10.4. The molecule has 0 bridgehead atoms. The van der Waals surface area contributed by atoms with E-state index in [-0.39, 0.29) is 0 Å². The van der Waals surface area contributed by atoms with E-state index in [1.807, 2.05) is 0 Å². The van der Waals surface area contributed by atoms with Crippen LogP contribution in [0, 0.1) is 11.6 Å². The number of thioether (sulfide) groups is 1. The highest BCUT2D eigenvalue weighted by Gasteiger charge is 2.02. The van der Waals surface area contributed by atoms with E-state index >= 15 is 0 Å². The first-order valence-electron chi connectivity index (χ1n) is 6.06. The van der Waals surface area contributed by atoms with Crippen LogP contribution in [-0.2, 0) is 6.42 Å². The number of thiophene rings is 1. The summed E-state index contributed by atoms with van der Waals surface area (Å²) in [5, 5.41) is 5.42. The van der Waals surface area contributed by atoms with E-state index in [0.29, 0.717) is 0 Å². The van der Waals surface area contributed by atoms with Gasteiger partial charge < -0.3 is 5.32 Å². The second-order valence-corrected chi connectivity index (χ2v) is 6.20. The van der Waals surface area contributed by atoms with Gasteiger partial charge in [0.1, 0.15) is 0 Å². The average Bonchev–Trinajstić information content (AvgIpc) is 2.91. The Balaban J connectivity index is 1.60. The molecule has 0 aliphatic carbocycles. The molecule has 102 valence electrons. The Labute approximate surface area is 120 Å². The summed E-state index contributed by atoms with van der Waals surface area (Å²) < 4.78 is 25.7. The van der Waals surface area contributed by atoms with Gasteiger partial charge in [0.2, 0.25) is 0 Å². The molecule has 1 aromatic heterocycles. The molecule has 0 radical (unpaired) electrons. The number of hydrogen-bond acceptors (Lipinski definition) is 3. The first kappa shape index (κ1) is 14.5. The van der Waals surface area contributed by atoms with Gasteiger partial charge in [-0.15, -0.1) is 23.1 Å². The molecule has 0 unspecified atom stereocenters. The maximum Gasteiger partial charge on any atom is 0.159 e. The van der Waals surface area contributed by atoms with Crippen molar-refractivity contribution in [3.05, 3.63) is 52.2 Å². The summed E-state index contributed by atoms with van der Waals surface area (Å²) >= 11 is 3.29. The largest absolute Gasteiger partial charge is 0.316 e. The van der Waals surface area contributed by atoms with Crippen LogP contribution in [0.1, 0.15) is 4.88 Å². The molecule has 1 N–H and O–H groups in total. The molecule has 0 saturated carbocycles. The van der Waals surface area contributed by atoms with Crippen LogP contribution in [-0.4, -0.2) is 18.8 Å². The Morgan fingerprint density at radius 2 is 2.00 bits per heavy atom. The zero-order chi connectivity index (χ0) is 13.5. The lowest BCUT2D eigenvalue weighted by Crippen LogP contribution is -2.19. The first-order chi connectivity index (χ1) is 9.25. The normalized spacial score (nSPS) is 10.8. The van der Waals surface area contributed by atoms with Crippen molar-refractivity contribution in [2.24, 2.45) is 0 Å². The Morgan fingerprint density at radius 3 is 2.74 bits per heavy atom. The third-order valence-corrected chi connectivity index (χ3v) is 4.50. The minimum Gasteiger partial charge on any atom is -0.316 e. The van der Waals surface area contributed by atoms with Gasteiger partial charge in [-0.05, 0) is 42.6 Å². The maximum atomic E-state index is 13.0. The minimum absolute atomic E-state index is 0.763. The summed E-state index contributed by atoms with van der Waals surface area (Å²) in [6.45, 7) is 1.80. The maximum absolute atomic E-state index is 13.0. The molecule has 1 heterocycles. The van der Waals surface area contributed by atoms with Crippen LogP contribution in [0.25, 0.3) is 0 Å². The summed E-state index contributed by atoms with van der Waals surface area (Å²) in [5.41, 5.74) is 0. The smallest absolute Gasteiger partial charge is 0.159 e. The van der Waals surface area contributed by atoms with Crippen molar-refractivity contribution in [2.75, 3.05) is 18.8 Å². The molecule has 0 fully saturated rings. The van der Waals surface area contributed by atoms with Crippen molar-refractivity contribution in [2.45, 2.75) is 11.3 Å². The lowest BCUT2D eigenvalue weighted by atomic mass is 10.3. The molecule has 19 heavy (non-hydrogen) atoms. The van der Waals surface area contributed by atoms with Crippen LogP contribution in [0.4, 0.5) is 8.78 Å². The number of hydrogen-bond donors (Lipinski definition) is 1. The van der Waals surface area contributed by atoms with Crippen LogP contribution < -0.4 is 5.32 Å². The monoisotopic (exact) mass is 299 g/mol. The molecule has 0 spiro atoms. The highest BCUT2D eigenvalue weighted by molar-refractivity contribution is 7.99. The van der Waals surface area contributed by atoms with Gasteiger partial charge in [-0.25, -0.2) is 8.78 Å². The van der Waals surface area contributed by atoms with Crippen molar-refractivity contribution in [1.29, 1.82) is 0 Å². The van der Waals surface area contributed by atoms with Crippen LogP contribution >= 0.6 is 23.1 Å². The summed E-state index contributed by atoms with van der Waals surface area (Å²) in [7, 11) is 0. The summed E-state index contributed by atoms with van der Waals surface area (Å²) in [5.74, 6) is -0.732. The second-order valence-electron chi connectivity index (χ2n) is 4.00. The molecular weight excluding hydrogens is 284 g/mol. The molecule has 0 amide bonds. The predicted molar refractivity (Wildman–Crippen MR) is 78.0 cm³/mol. The number of rotatable bonds is 7. The lowest BCUT2D eigenvalue weighted by molar-refractivity contribution is 0.506. The fourth-order valence-electron chi connectivity index (χ4n) is 1.60. The van der Waals surface area contributed by atoms with E-state index < -0.39 is 11.6 Å². The lowest BCUT2D eigenvalue weighted by Gasteiger charge is -2.04. The number of nitrogens with one attached hydrogen (secondary N) is 1. The molecular formula is C14H15F2NS2. The molecule has 0 atom stereocenters. The van der Waals surface area contributed by atoms with Gasteiger partial charge in [0, 0.05) is 22.1 Å². The van der Waals surface area contributed by atoms with Crippen molar-refractivity contribution < 1.29 is 8.78 Å². The number of benzene rings is 1. The first-order valence-corrected chi connectivity index (χ1v) is 7.93. The van der Waals surface area contributed by atoms with Gasteiger partial charge in [0.05, 0.1) is 0 Å². The molecule has 2 aromatic rings. The van der Waals surface area contributed by atoms with Crippen LogP contribution in [0.5, 0.6) is 0 Å². The standard InChI is InChI=1S/C14H15F2NS2/c15-13-4-3-12(10-14(13)16)19-9-7-17-6-5-11-2-1-8-18-11/h1-4,8,10,17H,5-7,9H2. The van der Waals surface area contributed by atoms with Crippen molar-refractivity contribution in [1.82, 2.24) is 5.32 Å². The molecule has 1 nitrogen and oxygen atoms in total. The molecule has 0 aliphatic heterocycles. The van der Waals surface area contributed by atoms with Gasteiger partial charge in [-0.1, -0.05) is 6.07 Å². The fraction of sp³-hybridized carbons (Fsp3) is 0.286.